The minimum Gasteiger partial charge on any atom is -0.310 e. The monoisotopic (exact) mass is 710 g/mol. The molecule has 7 heteroatoms. The van der Waals surface area contributed by atoms with Crippen molar-refractivity contribution in [3.05, 3.63) is 164 Å². The number of para-hydroxylation sites is 1. The molecule has 0 bridgehead atoms. The molecule has 0 unspecified atom stereocenters. The first-order valence-corrected chi connectivity index (χ1v) is 19.0. The molecule has 0 saturated carbocycles. The molecule has 0 N–H and O–H groups in total. The van der Waals surface area contributed by atoms with Crippen molar-refractivity contribution in [2.45, 2.75) is 0 Å². The smallest absolute Gasteiger partial charge is 0.115 e. The summed E-state index contributed by atoms with van der Waals surface area (Å²) in [6.45, 7) is 0. The normalized spacial score (nSPS) is 11.9. The summed E-state index contributed by atoms with van der Waals surface area (Å²) in [7, 11) is 32.9. The van der Waals surface area contributed by atoms with E-state index in [4.69, 9.17) is 39.2 Å². The molecule has 252 valence electrons. The Morgan fingerprint density at radius 3 is 1.54 bits per heavy atom. The number of aromatic nitrogens is 2. The molecule has 2 aromatic heterocycles. The molecule has 0 amide bonds. The number of nitrogens with zero attached hydrogens (tertiary/aromatic N) is 2. The Hall–Kier alpha value is -6.58. The molecule has 0 spiro atoms. The van der Waals surface area contributed by atoms with Gasteiger partial charge in [0.05, 0.1) is 22.1 Å². The molecule has 9 aromatic carbocycles. The molecule has 11 aromatic rings. The summed E-state index contributed by atoms with van der Waals surface area (Å²) in [5.41, 5.74) is 11.5. The van der Waals surface area contributed by atoms with Crippen LogP contribution in [-0.4, -0.2) is 48.4 Å². The fraction of sp³-hybridized carbons (Fsp3) is 0. The lowest BCUT2D eigenvalue weighted by Crippen LogP contribution is -2.56. The quantitative estimate of drug-likeness (QED) is 0.168. The van der Waals surface area contributed by atoms with Crippen LogP contribution < -0.4 is 27.3 Å². The van der Waals surface area contributed by atoms with Crippen LogP contribution in [0.4, 0.5) is 0 Å². The first kappa shape index (κ1) is 33.7. The fourth-order valence-electron chi connectivity index (χ4n) is 9.05. The zero-order valence-electron chi connectivity index (χ0n) is 30.9. The van der Waals surface area contributed by atoms with Gasteiger partial charge in [-0.15, -0.1) is 16.4 Å². The van der Waals surface area contributed by atoms with Crippen LogP contribution in [0, 0.1) is 0 Å². The van der Waals surface area contributed by atoms with Gasteiger partial charge in [-0.05, 0) is 80.2 Å². The lowest BCUT2D eigenvalue weighted by molar-refractivity contribution is 1.17. The van der Waals surface area contributed by atoms with Crippen LogP contribution >= 0.6 is 0 Å². The van der Waals surface area contributed by atoms with Gasteiger partial charge in [0.25, 0.3) is 0 Å². The molecule has 10 radical (unpaired) electrons. The summed E-state index contributed by atoms with van der Waals surface area (Å²) in [5.74, 6) is 0. The Balaban J connectivity index is 1.17. The summed E-state index contributed by atoms with van der Waals surface area (Å²) < 4.78 is 4.44. The number of benzene rings is 9. The standard InChI is InChI=1S/C50H27B5N2/c51-45-46(52)48(54)50(49(55)47(45)53)57-41-25-20-29-12-4-5-13-34(29)44(41)39-26-38-37-16-8-9-17-40(37)56(42(38)27-43(39)57)31-21-18-30(19-22-31)33-24-23-32(28-10-2-1-3-11-28)35-14-6-7-15-36(33)35/h1-27H. The van der Waals surface area contributed by atoms with Gasteiger partial charge in [-0.25, -0.2) is 0 Å². The molecule has 2 heterocycles. The molecular weight excluding hydrogens is 683 g/mol. The topological polar surface area (TPSA) is 9.86 Å². The SMILES string of the molecule is [B]c1c([B])c([B])c(-n2c3cc4c(cc3c3c5ccccc5ccc32)c2ccccc2n4-c2ccc(-c3ccc(-c4ccccc4)c4ccccc34)cc2)c([B])c1[B]. The molecule has 0 aliphatic rings. The van der Waals surface area contributed by atoms with Gasteiger partial charge in [0.15, 0.2) is 0 Å². The van der Waals surface area contributed by atoms with E-state index in [1.165, 1.54) is 27.5 Å². The number of fused-ring (bicyclic) bond motifs is 9. The molecule has 0 aliphatic carbocycles. The van der Waals surface area contributed by atoms with Crippen LogP contribution in [0.5, 0.6) is 0 Å². The Kier molecular flexibility index (Phi) is 7.53. The molecular formula is C50H27B5N2. The lowest BCUT2D eigenvalue weighted by Gasteiger charge is -2.23. The largest absolute Gasteiger partial charge is 0.310 e. The van der Waals surface area contributed by atoms with Crippen LogP contribution in [0.15, 0.2) is 164 Å². The zero-order valence-corrected chi connectivity index (χ0v) is 30.9. The van der Waals surface area contributed by atoms with E-state index in [2.05, 4.69) is 173 Å². The molecule has 0 saturated heterocycles. The highest BCUT2D eigenvalue weighted by molar-refractivity contribution is 6.68. The highest BCUT2D eigenvalue weighted by Gasteiger charge is 2.22. The van der Waals surface area contributed by atoms with Crippen LogP contribution in [0.2, 0.25) is 0 Å². The van der Waals surface area contributed by atoms with E-state index in [-0.39, 0.29) is 27.3 Å². The van der Waals surface area contributed by atoms with Gasteiger partial charge in [0.1, 0.15) is 39.2 Å². The van der Waals surface area contributed by atoms with Crippen molar-refractivity contribution in [3.63, 3.8) is 0 Å². The third-order valence-electron chi connectivity index (χ3n) is 11.8. The van der Waals surface area contributed by atoms with Gasteiger partial charge in [-0.2, -0.15) is 0 Å². The van der Waals surface area contributed by atoms with Crippen LogP contribution in [-0.2, 0) is 0 Å². The van der Waals surface area contributed by atoms with Gasteiger partial charge < -0.3 is 9.13 Å². The van der Waals surface area contributed by atoms with Crippen LogP contribution in [0.25, 0.3) is 98.8 Å². The molecule has 0 aliphatic heterocycles. The van der Waals surface area contributed by atoms with Crippen LogP contribution in [0.3, 0.4) is 0 Å². The van der Waals surface area contributed by atoms with Crippen LogP contribution in [0.1, 0.15) is 0 Å². The summed E-state index contributed by atoms with van der Waals surface area (Å²) in [4.78, 5) is 0. The second kappa shape index (κ2) is 12.7. The van der Waals surface area contributed by atoms with Crippen molar-refractivity contribution in [1.82, 2.24) is 9.13 Å². The predicted octanol–water partition coefficient (Wildman–Crippen LogP) is 7.49. The minimum atomic E-state index is 0.186. The maximum absolute atomic E-state index is 6.80. The maximum Gasteiger partial charge on any atom is 0.115 e. The van der Waals surface area contributed by atoms with E-state index in [0.717, 1.165) is 65.6 Å². The number of rotatable bonds is 4. The summed E-state index contributed by atoms with van der Waals surface area (Å²) in [6.07, 6.45) is 0. The predicted molar refractivity (Wildman–Crippen MR) is 248 cm³/mol. The highest BCUT2D eigenvalue weighted by atomic mass is 15.0. The van der Waals surface area contributed by atoms with Crippen molar-refractivity contribution < 1.29 is 0 Å². The van der Waals surface area contributed by atoms with E-state index >= 15 is 0 Å². The van der Waals surface area contributed by atoms with E-state index in [9.17, 15) is 0 Å². The number of hydrogen-bond donors (Lipinski definition) is 0. The second-order valence-electron chi connectivity index (χ2n) is 14.8. The van der Waals surface area contributed by atoms with Gasteiger partial charge in [0.2, 0.25) is 0 Å². The molecule has 57 heavy (non-hydrogen) atoms. The average molecular weight is 710 g/mol. The first-order chi connectivity index (χ1) is 27.9. The third-order valence-corrected chi connectivity index (χ3v) is 11.8. The summed E-state index contributed by atoms with van der Waals surface area (Å²) in [6, 6.07) is 58.4. The van der Waals surface area contributed by atoms with E-state index in [1.807, 2.05) is 0 Å². The average Bonchev–Trinajstić information content (AvgIpc) is 3.76. The summed E-state index contributed by atoms with van der Waals surface area (Å²) >= 11 is 0. The maximum atomic E-state index is 6.80. The van der Waals surface area contributed by atoms with Crippen molar-refractivity contribution in [2.75, 3.05) is 0 Å². The Morgan fingerprint density at radius 1 is 0.316 bits per heavy atom. The lowest BCUT2D eigenvalue weighted by atomic mass is 9.61. The third kappa shape index (κ3) is 4.91. The van der Waals surface area contributed by atoms with Gasteiger partial charge in [-0.3, -0.25) is 0 Å². The molecule has 0 fully saturated rings. The Labute approximate surface area is 336 Å². The van der Waals surface area contributed by atoms with Crippen molar-refractivity contribution in [3.8, 4) is 33.6 Å². The minimum absolute atomic E-state index is 0.186. The molecule has 0 atom stereocenters. The molecule has 11 rings (SSSR count). The van der Waals surface area contributed by atoms with Gasteiger partial charge >= 0.3 is 0 Å². The zero-order chi connectivity index (χ0) is 38.5. The van der Waals surface area contributed by atoms with Crippen molar-refractivity contribution in [2.24, 2.45) is 0 Å². The van der Waals surface area contributed by atoms with E-state index in [0.29, 0.717) is 5.69 Å². The van der Waals surface area contributed by atoms with Gasteiger partial charge in [-0.1, -0.05) is 138 Å². The Bertz CT molecular complexity index is 3430. The first-order valence-electron chi connectivity index (χ1n) is 19.0. The number of hydrogen-bond acceptors (Lipinski definition) is 0. The van der Waals surface area contributed by atoms with Gasteiger partial charge in [0, 0.05) is 32.9 Å². The second-order valence-corrected chi connectivity index (χ2v) is 14.8. The van der Waals surface area contributed by atoms with E-state index in [1.54, 1.807) is 0 Å². The van der Waals surface area contributed by atoms with E-state index < -0.39 is 0 Å². The van der Waals surface area contributed by atoms with Crippen molar-refractivity contribution >= 4 is 132 Å². The van der Waals surface area contributed by atoms with Crippen molar-refractivity contribution in [1.29, 1.82) is 0 Å². The Morgan fingerprint density at radius 2 is 0.860 bits per heavy atom. The summed E-state index contributed by atoms with van der Waals surface area (Å²) in [5, 5.41) is 9.13. The molecule has 2 nitrogen and oxygen atoms in total. The highest BCUT2D eigenvalue weighted by Crippen LogP contribution is 2.42. The fourth-order valence-corrected chi connectivity index (χ4v) is 9.05.